The standard InChI is InChI=1S/C21H26O7S/c1-13-18(26-14(2)22)19(27-15(3)23)20(28-16(4)24)21(25-13)29-12-8-11-17-9-6-5-7-10-17/h5-11,13,18-21H,12H2,1-4H3/t13-,18-,19+,20+,21-/m1/s1. The highest BCUT2D eigenvalue weighted by Crippen LogP contribution is 2.34. The zero-order chi connectivity index (χ0) is 21.4. The summed E-state index contributed by atoms with van der Waals surface area (Å²) in [6, 6.07) is 9.83. The van der Waals surface area contributed by atoms with E-state index in [9.17, 15) is 14.4 Å². The van der Waals surface area contributed by atoms with Crippen LogP contribution in [0.2, 0.25) is 0 Å². The molecule has 7 nitrogen and oxygen atoms in total. The number of carbonyl (C=O) groups is 3. The van der Waals surface area contributed by atoms with Crippen LogP contribution >= 0.6 is 11.8 Å². The molecule has 158 valence electrons. The number of rotatable bonds is 7. The van der Waals surface area contributed by atoms with Crippen molar-refractivity contribution in [2.75, 3.05) is 5.75 Å². The highest BCUT2D eigenvalue weighted by atomic mass is 32.2. The lowest BCUT2D eigenvalue weighted by Crippen LogP contribution is -2.59. The summed E-state index contributed by atoms with van der Waals surface area (Å²) in [5.74, 6) is -1.07. The molecular formula is C21H26O7S. The number of thioether (sulfide) groups is 1. The van der Waals surface area contributed by atoms with Gasteiger partial charge in [-0.1, -0.05) is 42.5 Å². The van der Waals surface area contributed by atoms with Gasteiger partial charge < -0.3 is 18.9 Å². The van der Waals surface area contributed by atoms with Crippen LogP contribution < -0.4 is 0 Å². The third-order valence-corrected chi connectivity index (χ3v) is 5.19. The second kappa shape index (κ2) is 11.0. The molecule has 29 heavy (non-hydrogen) atoms. The van der Waals surface area contributed by atoms with E-state index in [0.717, 1.165) is 5.56 Å². The molecule has 0 unspecified atom stereocenters. The smallest absolute Gasteiger partial charge is 0.303 e. The van der Waals surface area contributed by atoms with E-state index in [4.69, 9.17) is 18.9 Å². The molecule has 0 radical (unpaired) electrons. The van der Waals surface area contributed by atoms with Crippen molar-refractivity contribution < 1.29 is 33.3 Å². The minimum absolute atomic E-state index is 0.541. The second-order valence-electron chi connectivity index (χ2n) is 6.58. The predicted octanol–water partition coefficient (Wildman–Crippen LogP) is 2.97. The normalized spacial score (nSPS) is 26.7. The fourth-order valence-corrected chi connectivity index (χ4v) is 4.05. The lowest BCUT2D eigenvalue weighted by Gasteiger charge is -2.43. The number of ether oxygens (including phenoxy) is 4. The lowest BCUT2D eigenvalue weighted by atomic mass is 10.00. The number of carbonyl (C=O) groups excluding carboxylic acids is 3. The molecule has 1 aliphatic heterocycles. The molecule has 0 aliphatic carbocycles. The van der Waals surface area contributed by atoms with Gasteiger partial charge in [-0.3, -0.25) is 14.4 Å². The molecule has 1 aliphatic rings. The van der Waals surface area contributed by atoms with Crippen LogP contribution in [0, 0.1) is 0 Å². The maximum atomic E-state index is 11.7. The Hall–Kier alpha value is -2.32. The molecule has 0 N–H and O–H groups in total. The van der Waals surface area contributed by atoms with Crippen LogP contribution in [0.3, 0.4) is 0 Å². The Bertz CT molecular complexity index is 734. The second-order valence-corrected chi connectivity index (χ2v) is 7.71. The van der Waals surface area contributed by atoms with E-state index in [2.05, 4.69) is 0 Å². The molecule has 2 rings (SSSR count). The van der Waals surface area contributed by atoms with E-state index in [1.807, 2.05) is 42.5 Å². The quantitative estimate of drug-likeness (QED) is 0.490. The maximum Gasteiger partial charge on any atom is 0.303 e. The van der Waals surface area contributed by atoms with Crippen LogP contribution in [-0.2, 0) is 33.3 Å². The average molecular weight is 422 g/mol. The van der Waals surface area contributed by atoms with Crippen molar-refractivity contribution >= 4 is 35.7 Å². The van der Waals surface area contributed by atoms with Crippen molar-refractivity contribution in [2.24, 2.45) is 0 Å². The fourth-order valence-electron chi connectivity index (χ4n) is 3.00. The van der Waals surface area contributed by atoms with Gasteiger partial charge in [0.15, 0.2) is 18.3 Å². The Kier molecular flexibility index (Phi) is 8.72. The molecule has 0 saturated carbocycles. The van der Waals surface area contributed by atoms with Gasteiger partial charge in [0.05, 0.1) is 6.10 Å². The maximum absolute atomic E-state index is 11.7. The van der Waals surface area contributed by atoms with Gasteiger partial charge >= 0.3 is 17.9 Å². The van der Waals surface area contributed by atoms with E-state index < -0.39 is 47.8 Å². The zero-order valence-electron chi connectivity index (χ0n) is 16.9. The Morgan fingerprint density at radius 3 is 2.07 bits per heavy atom. The fraction of sp³-hybridized carbons (Fsp3) is 0.476. The van der Waals surface area contributed by atoms with Crippen LogP contribution in [0.5, 0.6) is 0 Å². The summed E-state index contributed by atoms with van der Waals surface area (Å²) in [4.78, 5) is 34.8. The summed E-state index contributed by atoms with van der Waals surface area (Å²) < 4.78 is 22.1. The minimum atomic E-state index is -0.959. The first-order valence-corrected chi connectivity index (χ1v) is 10.3. The van der Waals surface area contributed by atoms with E-state index in [-0.39, 0.29) is 0 Å². The zero-order valence-corrected chi connectivity index (χ0v) is 17.7. The summed E-state index contributed by atoms with van der Waals surface area (Å²) in [7, 11) is 0. The van der Waals surface area contributed by atoms with Gasteiger partial charge in [-0.25, -0.2) is 0 Å². The predicted molar refractivity (Wildman–Crippen MR) is 109 cm³/mol. The molecule has 0 amide bonds. The Morgan fingerprint density at radius 1 is 0.931 bits per heavy atom. The van der Waals surface area contributed by atoms with Gasteiger partial charge in [0, 0.05) is 26.5 Å². The summed E-state index contributed by atoms with van der Waals surface area (Å²) in [6.07, 6.45) is 0.651. The van der Waals surface area contributed by atoms with E-state index >= 15 is 0 Å². The first-order chi connectivity index (χ1) is 13.8. The van der Waals surface area contributed by atoms with Crippen molar-refractivity contribution in [3.05, 3.63) is 42.0 Å². The third-order valence-electron chi connectivity index (χ3n) is 4.10. The van der Waals surface area contributed by atoms with Crippen LogP contribution in [-0.4, -0.2) is 53.5 Å². The van der Waals surface area contributed by atoms with E-state index in [0.29, 0.717) is 5.75 Å². The molecular weight excluding hydrogens is 396 g/mol. The topological polar surface area (TPSA) is 88.1 Å². The summed E-state index contributed by atoms with van der Waals surface area (Å²) in [6.45, 7) is 5.50. The molecule has 0 spiro atoms. The highest BCUT2D eigenvalue weighted by Gasteiger charge is 2.50. The van der Waals surface area contributed by atoms with Gasteiger partial charge in [-0.2, -0.15) is 0 Å². The number of hydrogen-bond acceptors (Lipinski definition) is 8. The molecule has 1 saturated heterocycles. The van der Waals surface area contributed by atoms with E-state index in [1.54, 1.807) is 6.92 Å². The third kappa shape index (κ3) is 7.21. The molecule has 1 aromatic rings. The summed E-state index contributed by atoms with van der Waals surface area (Å²) >= 11 is 1.40. The first-order valence-electron chi connectivity index (χ1n) is 9.28. The van der Waals surface area contributed by atoms with Crippen molar-refractivity contribution in [3.8, 4) is 0 Å². The average Bonchev–Trinajstić information content (AvgIpc) is 2.64. The molecule has 1 aromatic carbocycles. The van der Waals surface area contributed by atoms with E-state index in [1.165, 1.54) is 32.5 Å². The van der Waals surface area contributed by atoms with Gasteiger partial charge in [-0.15, -0.1) is 11.8 Å². The Morgan fingerprint density at radius 2 is 1.48 bits per heavy atom. The number of esters is 3. The molecule has 0 bridgehead atoms. The summed E-state index contributed by atoms with van der Waals surface area (Å²) in [5, 5.41) is 0. The highest BCUT2D eigenvalue weighted by molar-refractivity contribution is 7.99. The van der Waals surface area contributed by atoms with Crippen LogP contribution in [0.25, 0.3) is 6.08 Å². The van der Waals surface area contributed by atoms with Crippen molar-refractivity contribution in [2.45, 2.75) is 57.5 Å². The molecule has 0 aromatic heterocycles. The largest absolute Gasteiger partial charge is 0.456 e. The molecule has 1 heterocycles. The van der Waals surface area contributed by atoms with Crippen LogP contribution in [0.1, 0.15) is 33.3 Å². The van der Waals surface area contributed by atoms with Gasteiger partial charge in [0.25, 0.3) is 0 Å². The van der Waals surface area contributed by atoms with Crippen LogP contribution in [0.15, 0.2) is 36.4 Å². The van der Waals surface area contributed by atoms with Gasteiger partial charge in [0.2, 0.25) is 0 Å². The van der Waals surface area contributed by atoms with Gasteiger partial charge in [-0.05, 0) is 12.5 Å². The van der Waals surface area contributed by atoms with Crippen molar-refractivity contribution in [1.82, 2.24) is 0 Å². The lowest BCUT2D eigenvalue weighted by molar-refractivity contribution is -0.228. The first kappa shape index (κ1) is 23.0. The number of benzene rings is 1. The Labute approximate surface area is 174 Å². The monoisotopic (exact) mass is 422 g/mol. The van der Waals surface area contributed by atoms with Gasteiger partial charge in [0.1, 0.15) is 5.44 Å². The van der Waals surface area contributed by atoms with Crippen molar-refractivity contribution in [1.29, 1.82) is 0 Å². The number of hydrogen-bond donors (Lipinski definition) is 0. The van der Waals surface area contributed by atoms with Crippen molar-refractivity contribution in [3.63, 3.8) is 0 Å². The summed E-state index contributed by atoms with van der Waals surface area (Å²) in [5.41, 5.74) is 0.473. The molecule has 5 atom stereocenters. The minimum Gasteiger partial charge on any atom is -0.456 e. The molecule has 8 heteroatoms. The SMILES string of the molecule is CC(=O)O[C@@H]1[C@H](OC(C)=O)[C@@H](SCC=Cc2ccccc2)O[C@H](C)[C@H]1OC(C)=O. The Balaban J connectivity index is 2.15. The van der Waals surface area contributed by atoms with Crippen LogP contribution in [0.4, 0.5) is 0 Å². The molecule has 1 fully saturated rings.